The number of ether oxygens (including phenoxy) is 1. The fraction of sp³-hybridized carbons (Fsp3) is 0.412. The van der Waals surface area contributed by atoms with Crippen molar-refractivity contribution in [2.45, 2.75) is 37.1 Å². The van der Waals surface area contributed by atoms with Gasteiger partial charge in [0.05, 0.1) is 18.4 Å². The second-order valence-electron chi connectivity index (χ2n) is 5.56. The van der Waals surface area contributed by atoms with Crippen molar-refractivity contribution in [1.82, 2.24) is 24.9 Å². The maximum absolute atomic E-state index is 5.41. The first kappa shape index (κ1) is 17.5. The molecular weight excluding hydrogens is 338 g/mol. The molecule has 1 aromatic carbocycles. The molecule has 7 nitrogen and oxygen atoms in total. The van der Waals surface area contributed by atoms with E-state index in [1.807, 2.05) is 35.9 Å². The summed E-state index contributed by atoms with van der Waals surface area (Å²) in [6.45, 7) is 2.14. The molecule has 25 heavy (non-hydrogen) atoms. The van der Waals surface area contributed by atoms with Gasteiger partial charge < -0.3 is 13.8 Å². The van der Waals surface area contributed by atoms with Gasteiger partial charge in [0.15, 0.2) is 16.8 Å². The van der Waals surface area contributed by atoms with E-state index < -0.39 is 0 Å². The highest BCUT2D eigenvalue weighted by Crippen LogP contribution is 2.30. The van der Waals surface area contributed by atoms with Gasteiger partial charge in [-0.2, -0.15) is 4.98 Å². The predicted octanol–water partition coefficient (Wildman–Crippen LogP) is 3.51. The molecule has 2 aromatic heterocycles. The Hall–Kier alpha value is -2.35. The topological polar surface area (TPSA) is 78.9 Å². The minimum absolute atomic E-state index is 0.566. The van der Waals surface area contributed by atoms with Crippen molar-refractivity contribution in [3.63, 3.8) is 0 Å². The van der Waals surface area contributed by atoms with Crippen LogP contribution in [0, 0.1) is 0 Å². The zero-order chi connectivity index (χ0) is 17.6. The van der Waals surface area contributed by atoms with Crippen molar-refractivity contribution in [3.8, 4) is 17.1 Å². The lowest BCUT2D eigenvalue weighted by Gasteiger charge is -2.07. The molecule has 8 heteroatoms. The summed E-state index contributed by atoms with van der Waals surface area (Å²) in [5.74, 6) is 3.47. The van der Waals surface area contributed by atoms with Gasteiger partial charge in [0.2, 0.25) is 5.89 Å². The number of aromatic nitrogens is 5. The normalized spacial score (nSPS) is 11.0. The summed E-state index contributed by atoms with van der Waals surface area (Å²) in [7, 11) is 3.58. The summed E-state index contributed by atoms with van der Waals surface area (Å²) in [5, 5.41) is 13.4. The molecule has 0 aliphatic heterocycles. The third-order valence-corrected chi connectivity index (χ3v) is 4.78. The molecule has 3 aromatic rings. The van der Waals surface area contributed by atoms with Crippen molar-refractivity contribution >= 4 is 11.8 Å². The zero-order valence-electron chi connectivity index (χ0n) is 14.6. The summed E-state index contributed by atoms with van der Waals surface area (Å²) in [6.07, 6.45) is 3.04. The predicted molar refractivity (Wildman–Crippen MR) is 95.5 cm³/mol. The van der Waals surface area contributed by atoms with Gasteiger partial charge >= 0.3 is 0 Å². The van der Waals surface area contributed by atoms with E-state index in [4.69, 9.17) is 9.26 Å². The standard InChI is InChI=1S/C17H21N5O2S/c1-4-5-10-14-18-15(24-21-14)11-25-17-20-19-16(22(17)2)12-8-6-7-9-13(12)23-3/h6-9H,4-5,10-11H2,1-3H3. The monoisotopic (exact) mass is 359 g/mol. The smallest absolute Gasteiger partial charge is 0.237 e. The van der Waals surface area contributed by atoms with Crippen LogP contribution in [-0.4, -0.2) is 32.0 Å². The van der Waals surface area contributed by atoms with Gasteiger partial charge in [-0.15, -0.1) is 10.2 Å². The summed E-state index contributed by atoms with van der Waals surface area (Å²) in [4.78, 5) is 4.41. The first-order chi connectivity index (χ1) is 12.2. The number of nitrogens with zero attached hydrogens (tertiary/aromatic N) is 5. The van der Waals surface area contributed by atoms with E-state index in [1.54, 1.807) is 7.11 Å². The van der Waals surface area contributed by atoms with Gasteiger partial charge in [-0.25, -0.2) is 0 Å². The zero-order valence-corrected chi connectivity index (χ0v) is 15.4. The number of rotatable bonds is 8. The lowest BCUT2D eigenvalue weighted by atomic mass is 10.2. The van der Waals surface area contributed by atoms with E-state index >= 15 is 0 Å². The molecule has 0 bridgehead atoms. The molecule has 2 heterocycles. The summed E-state index contributed by atoms with van der Waals surface area (Å²) in [5.41, 5.74) is 0.909. The molecule has 0 unspecified atom stereocenters. The second-order valence-corrected chi connectivity index (χ2v) is 6.50. The lowest BCUT2D eigenvalue weighted by Crippen LogP contribution is -1.97. The van der Waals surface area contributed by atoms with E-state index in [2.05, 4.69) is 27.3 Å². The molecule has 0 aliphatic carbocycles. The summed E-state index contributed by atoms with van der Waals surface area (Å²) >= 11 is 1.52. The summed E-state index contributed by atoms with van der Waals surface area (Å²) < 4.78 is 12.6. The van der Waals surface area contributed by atoms with Crippen LogP contribution in [-0.2, 0) is 19.2 Å². The Morgan fingerprint density at radius 2 is 2.08 bits per heavy atom. The molecule has 0 aliphatic rings. The molecule has 0 saturated carbocycles. The number of benzene rings is 1. The molecule has 0 radical (unpaired) electrons. The van der Waals surface area contributed by atoms with Crippen molar-refractivity contribution in [1.29, 1.82) is 0 Å². The lowest BCUT2D eigenvalue weighted by molar-refractivity contribution is 0.384. The van der Waals surface area contributed by atoms with Crippen LogP contribution in [0.4, 0.5) is 0 Å². The number of hydrogen-bond acceptors (Lipinski definition) is 7. The van der Waals surface area contributed by atoms with Crippen LogP contribution in [0.25, 0.3) is 11.4 Å². The van der Waals surface area contributed by atoms with E-state index in [9.17, 15) is 0 Å². The Kier molecular flexibility index (Phi) is 5.70. The van der Waals surface area contributed by atoms with Crippen molar-refractivity contribution in [2.24, 2.45) is 7.05 Å². The Bertz CT molecular complexity index is 830. The summed E-state index contributed by atoms with van der Waals surface area (Å²) in [6, 6.07) is 7.76. The minimum atomic E-state index is 0.566. The van der Waals surface area contributed by atoms with E-state index in [0.29, 0.717) is 11.6 Å². The van der Waals surface area contributed by atoms with Crippen LogP contribution in [0.1, 0.15) is 31.5 Å². The van der Waals surface area contributed by atoms with Crippen molar-refractivity contribution < 1.29 is 9.26 Å². The van der Waals surface area contributed by atoms with Gasteiger partial charge in [0.1, 0.15) is 5.75 Å². The third kappa shape index (κ3) is 4.01. The number of thioether (sulfide) groups is 1. The average Bonchev–Trinajstić information content (AvgIpc) is 3.24. The SMILES string of the molecule is CCCCc1noc(CSc2nnc(-c3ccccc3OC)n2C)n1. The van der Waals surface area contributed by atoms with Gasteiger partial charge in [0.25, 0.3) is 0 Å². The Morgan fingerprint density at radius 3 is 2.88 bits per heavy atom. The van der Waals surface area contributed by atoms with Crippen LogP contribution in [0.2, 0.25) is 0 Å². The highest BCUT2D eigenvalue weighted by Gasteiger charge is 2.16. The maximum atomic E-state index is 5.41. The van der Waals surface area contributed by atoms with Gasteiger partial charge in [-0.1, -0.05) is 42.4 Å². The van der Waals surface area contributed by atoms with Gasteiger partial charge in [-0.3, -0.25) is 0 Å². The van der Waals surface area contributed by atoms with Gasteiger partial charge in [-0.05, 0) is 18.6 Å². The largest absolute Gasteiger partial charge is 0.496 e. The average molecular weight is 359 g/mol. The van der Waals surface area contributed by atoms with E-state index in [-0.39, 0.29) is 0 Å². The molecule has 0 fully saturated rings. The van der Waals surface area contributed by atoms with E-state index in [0.717, 1.165) is 47.4 Å². The number of methoxy groups -OCH3 is 1. The third-order valence-electron chi connectivity index (χ3n) is 3.77. The van der Waals surface area contributed by atoms with Gasteiger partial charge in [0, 0.05) is 13.5 Å². The fourth-order valence-corrected chi connectivity index (χ4v) is 3.16. The molecule has 0 N–H and O–H groups in total. The number of hydrogen-bond donors (Lipinski definition) is 0. The Morgan fingerprint density at radius 1 is 1.24 bits per heavy atom. The number of aryl methyl sites for hydroxylation is 1. The van der Waals surface area contributed by atoms with E-state index in [1.165, 1.54) is 11.8 Å². The second kappa shape index (κ2) is 8.15. The van der Waals surface area contributed by atoms with Crippen LogP contribution < -0.4 is 4.74 Å². The molecule has 0 amide bonds. The van der Waals surface area contributed by atoms with Crippen LogP contribution in [0.5, 0.6) is 5.75 Å². The molecule has 0 atom stereocenters. The molecule has 132 valence electrons. The van der Waals surface area contributed by atoms with Crippen molar-refractivity contribution in [2.75, 3.05) is 7.11 Å². The molecular formula is C17H21N5O2S. The van der Waals surface area contributed by atoms with Crippen LogP contribution in [0.3, 0.4) is 0 Å². The minimum Gasteiger partial charge on any atom is -0.496 e. The Balaban J connectivity index is 1.70. The maximum Gasteiger partial charge on any atom is 0.237 e. The van der Waals surface area contributed by atoms with Crippen molar-refractivity contribution in [3.05, 3.63) is 36.0 Å². The molecule has 3 rings (SSSR count). The number of unbranched alkanes of at least 4 members (excludes halogenated alkanes) is 1. The Labute approximate surface area is 150 Å². The molecule has 0 saturated heterocycles. The molecule has 0 spiro atoms. The first-order valence-corrected chi connectivity index (χ1v) is 9.18. The fourth-order valence-electron chi connectivity index (χ4n) is 2.42. The highest BCUT2D eigenvalue weighted by atomic mass is 32.2. The quantitative estimate of drug-likeness (QED) is 0.569. The van der Waals surface area contributed by atoms with Crippen LogP contribution >= 0.6 is 11.8 Å². The highest BCUT2D eigenvalue weighted by molar-refractivity contribution is 7.98. The van der Waals surface area contributed by atoms with Crippen LogP contribution in [0.15, 0.2) is 33.9 Å². The first-order valence-electron chi connectivity index (χ1n) is 8.20. The number of para-hydroxylation sites is 1.